The van der Waals surface area contributed by atoms with Crippen molar-refractivity contribution in [2.24, 2.45) is 0 Å². The summed E-state index contributed by atoms with van der Waals surface area (Å²) in [4.78, 5) is 25.9. The molecule has 6 rings (SSSR count). The molecule has 0 spiro atoms. The zero-order chi connectivity index (χ0) is 25.6. The molecular weight excluding hydrogens is 510 g/mol. The van der Waals surface area contributed by atoms with Gasteiger partial charge in [-0.2, -0.15) is 4.98 Å². The van der Waals surface area contributed by atoms with Crippen LogP contribution in [0.25, 0.3) is 21.9 Å². The number of hydrogen-bond donors (Lipinski definition) is 2. The quantitative estimate of drug-likeness (QED) is 0.286. The van der Waals surface area contributed by atoms with Gasteiger partial charge >= 0.3 is 0 Å². The van der Waals surface area contributed by atoms with Crippen LogP contribution < -0.4 is 10.9 Å². The third kappa shape index (κ3) is 4.38. The highest BCUT2D eigenvalue weighted by atomic mass is 35.5. The van der Waals surface area contributed by atoms with Crippen molar-refractivity contribution in [2.45, 2.75) is 47.9 Å². The van der Waals surface area contributed by atoms with Crippen LogP contribution in [0.15, 0.2) is 81.6 Å². The molecule has 2 aromatic carbocycles. The molecule has 0 amide bonds. The van der Waals surface area contributed by atoms with Gasteiger partial charge in [0.05, 0.1) is 4.90 Å². The Bertz CT molecular complexity index is 1790. The SMILES string of the molecule is O=c1c(S(=O)(=O)c2ccc(Cl)cc2)cc2cnc(Nc3ccc4[nH]ccc4c3)nc2n1C1CCCCC1. The second kappa shape index (κ2) is 9.32. The van der Waals surface area contributed by atoms with Gasteiger partial charge in [-0.3, -0.25) is 9.36 Å². The molecule has 0 radical (unpaired) electrons. The summed E-state index contributed by atoms with van der Waals surface area (Å²) in [5.74, 6) is 0.333. The Balaban J connectivity index is 1.49. The first kappa shape index (κ1) is 23.7. The number of H-pyrrole nitrogens is 1. The number of pyridine rings is 1. The van der Waals surface area contributed by atoms with Gasteiger partial charge in [0.15, 0.2) is 0 Å². The number of halogens is 1. The maximum atomic E-state index is 13.8. The summed E-state index contributed by atoms with van der Waals surface area (Å²) < 4.78 is 28.6. The van der Waals surface area contributed by atoms with Gasteiger partial charge in [-0.1, -0.05) is 30.9 Å². The zero-order valence-corrected chi connectivity index (χ0v) is 21.4. The maximum absolute atomic E-state index is 13.8. The standard InChI is InChI=1S/C27H24ClN5O3S/c28-19-6-9-22(10-7-19)37(35,36)24-15-18-16-30-27(31-20-8-11-23-17(14-20)12-13-29-23)32-25(18)33(26(24)34)21-4-2-1-3-5-21/h6-16,21,29H,1-5H2,(H,30,31,32). The van der Waals surface area contributed by atoms with E-state index in [4.69, 9.17) is 16.6 Å². The molecule has 188 valence electrons. The van der Waals surface area contributed by atoms with E-state index in [2.05, 4.69) is 15.3 Å². The average Bonchev–Trinajstić information content (AvgIpc) is 3.37. The van der Waals surface area contributed by atoms with Crippen LogP contribution in [0.3, 0.4) is 0 Å². The smallest absolute Gasteiger partial charge is 0.271 e. The lowest BCUT2D eigenvalue weighted by Crippen LogP contribution is -2.31. The molecule has 37 heavy (non-hydrogen) atoms. The van der Waals surface area contributed by atoms with Gasteiger partial charge in [0.1, 0.15) is 10.5 Å². The maximum Gasteiger partial charge on any atom is 0.271 e. The van der Waals surface area contributed by atoms with Crippen molar-refractivity contribution in [2.75, 3.05) is 5.32 Å². The van der Waals surface area contributed by atoms with Gasteiger partial charge in [-0.15, -0.1) is 0 Å². The predicted molar refractivity (Wildman–Crippen MR) is 144 cm³/mol. The van der Waals surface area contributed by atoms with Gasteiger partial charge in [-0.25, -0.2) is 13.4 Å². The highest BCUT2D eigenvalue weighted by Gasteiger charge is 2.28. The number of sulfone groups is 1. The van der Waals surface area contributed by atoms with E-state index in [0.29, 0.717) is 22.0 Å². The third-order valence-electron chi connectivity index (χ3n) is 6.90. The second-order valence-electron chi connectivity index (χ2n) is 9.31. The molecule has 1 saturated carbocycles. The van der Waals surface area contributed by atoms with Gasteiger partial charge in [0.2, 0.25) is 15.8 Å². The summed E-state index contributed by atoms with van der Waals surface area (Å²) in [5, 5.41) is 5.17. The first-order valence-electron chi connectivity index (χ1n) is 12.2. The number of aromatic nitrogens is 4. The Morgan fingerprint density at radius 3 is 2.54 bits per heavy atom. The van der Waals surface area contributed by atoms with Crippen molar-refractivity contribution in [1.82, 2.24) is 19.5 Å². The fraction of sp³-hybridized carbons (Fsp3) is 0.222. The fourth-order valence-corrected chi connectivity index (χ4v) is 6.51. The van der Waals surface area contributed by atoms with Crippen molar-refractivity contribution < 1.29 is 8.42 Å². The lowest BCUT2D eigenvalue weighted by Gasteiger charge is -2.25. The van der Waals surface area contributed by atoms with Crippen molar-refractivity contribution in [3.63, 3.8) is 0 Å². The molecule has 0 unspecified atom stereocenters. The number of nitrogens with zero attached hydrogens (tertiary/aromatic N) is 3. The molecule has 0 bridgehead atoms. The monoisotopic (exact) mass is 533 g/mol. The Morgan fingerprint density at radius 2 is 1.76 bits per heavy atom. The summed E-state index contributed by atoms with van der Waals surface area (Å²) >= 11 is 5.95. The first-order chi connectivity index (χ1) is 17.9. The van der Waals surface area contributed by atoms with Crippen LogP contribution in [0.2, 0.25) is 5.02 Å². The molecule has 5 aromatic rings. The van der Waals surface area contributed by atoms with Crippen LogP contribution >= 0.6 is 11.6 Å². The summed E-state index contributed by atoms with van der Waals surface area (Å²) in [7, 11) is -4.08. The van der Waals surface area contributed by atoms with Crippen LogP contribution in [0.5, 0.6) is 0 Å². The molecule has 1 fully saturated rings. The Kier molecular flexibility index (Phi) is 5.97. The third-order valence-corrected chi connectivity index (χ3v) is 8.92. The Morgan fingerprint density at radius 1 is 0.973 bits per heavy atom. The number of rotatable bonds is 5. The average molecular weight is 534 g/mol. The van der Waals surface area contributed by atoms with Crippen LogP contribution in [-0.2, 0) is 9.84 Å². The lowest BCUT2D eigenvalue weighted by molar-refractivity contribution is 0.350. The Labute approximate surface area is 218 Å². The van der Waals surface area contributed by atoms with Crippen LogP contribution in [0, 0.1) is 0 Å². The normalized spacial score (nSPS) is 14.8. The number of aromatic amines is 1. The summed E-state index contributed by atoms with van der Waals surface area (Å²) in [6.07, 6.45) is 8.06. The predicted octanol–water partition coefficient (Wildman–Crippen LogP) is 6.01. The second-order valence-corrected chi connectivity index (χ2v) is 11.7. The van der Waals surface area contributed by atoms with E-state index < -0.39 is 15.4 Å². The number of nitrogens with one attached hydrogen (secondary N) is 2. The number of fused-ring (bicyclic) bond motifs is 2. The van der Waals surface area contributed by atoms with E-state index in [1.807, 2.05) is 30.5 Å². The molecule has 3 heterocycles. The molecule has 1 aliphatic rings. The summed E-state index contributed by atoms with van der Waals surface area (Å²) in [5.41, 5.74) is 1.69. The van der Waals surface area contributed by atoms with Gasteiger partial charge in [-0.05, 0) is 67.4 Å². The van der Waals surface area contributed by atoms with E-state index in [-0.39, 0.29) is 15.8 Å². The van der Waals surface area contributed by atoms with E-state index in [1.165, 1.54) is 30.3 Å². The van der Waals surface area contributed by atoms with E-state index in [1.54, 1.807) is 10.8 Å². The minimum atomic E-state index is -4.08. The van der Waals surface area contributed by atoms with Gasteiger partial charge in [0, 0.05) is 45.4 Å². The molecule has 1 aliphatic carbocycles. The van der Waals surface area contributed by atoms with Crippen LogP contribution in [-0.4, -0.2) is 27.9 Å². The first-order valence-corrected chi connectivity index (χ1v) is 14.0. The van der Waals surface area contributed by atoms with Crippen molar-refractivity contribution in [1.29, 1.82) is 0 Å². The van der Waals surface area contributed by atoms with Crippen LogP contribution in [0.1, 0.15) is 38.1 Å². The topological polar surface area (TPSA) is 110 Å². The molecule has 0 saturated heterocycles. The zero-order valence-electron chi connectivity index (χ0n) is 19.8. The van der Waals surface area contributed by atoms with Crippen molar-refractivity contribution in [3.05, 3.63) is 82.4 Å². The molecule has 0 aliphatic heterocycles. The minimum absolute atomic E-state index is 0.0166. The molecular formula is C27H24ClN5O3S. The molecule has 3 aromatic heterocycles. The summed E-state index contributed by atoms with van der Waals surface area (Å²) in [6.45, 7) is 0. The van der Waals surface area contributed by atoms with Crippen molar-refractivity contribution in [3.8, 4) is 0 Å². The molecule has 0 atom stereocenters. The number of benzene rings is 2. The lowest BCUT2D eigenvalue weighted by atomic mass is 9.95. The highest BCUT2D eigenvalue weighted by Crippen LogP contribution is 2.31. The van der Waals surface area contributed by atoms with Crippen molar-refractivity contribution >= 4 is 55.0 Å². The van der Waals surface area contributed by atoms with E-state index in [9.17, 15) is 13.2 Å². The minimum Gasteiger partial charge on any atom is -0.361 e. The molecule has 2 N–H and O–H groups in total. The number of anilines is 2. The van der Waals surface area contributed by atoms with Crippen LogP contribution in [0.4, 0.5) is 11.6 Å². The largest absolute Gasteiger partial charge is 0.361 e. The van der Waals surface area contributed by atoms with Gasteiger partial charge in [0.25, 0.3) is 5.56 Å². The highest BCUT2D eigenvalue weighted by molar-refractivity contribution is 7.91. The molecule has 8 nitrogen and oxygen atoms in total. The van der Waals surface area contributed by atoms with E-state index in [0.717, 1.165) is 48.7 Å². The van der Waals surface area contributed by atoms with E-state index >= 15 is 0 Å². The molecule has 10 heteroatoms. The fourth-order valence-electron chi connectivity index (χ4n) is 5.03. The van der Waals surface area contributed by atoms with Gasteiger partial charge < -0.3 is 10.3 Å². The Hall–Kier alpha value is -3.69. The number of hydrogen-bond acceptors (Lipinski definition) is 6. The summed E-state index contributed by atoms with van der Waals surface area (Å²) in [6, 6.07) is 14.9.